The van der Waals surface area contributed by atoms with E-state index in [-0.39, 0.29) is 16.4 Å². The largest absolute Gasteiger partial charge is 0.508 e. The Morgan fingerprint density at radius 3 is 2.92 bits per heavy atom. The normalized spacial score (nSPS) is 13.0. The molecule has 0 saturated carbocycles. The number of nitrogens with zero attached hydrogens (tertiary/aromatic N) is 3. The summed E-state index contributed by atoms with van der Waals surface area (Å²) in [6.07, 6.45) is 2.54. The molecule has 25 heavy (non-hydrogen) atoms. The first-order chi connectivity index (χ1) is 12.1. The molecule has 1 aliphatic rings. The molecule has 6 nitrogen and oxygen atoms in total. The second-order valence-corrected chi connectivity index (χ2v) is 7.00. The van der Waals surface area contributed by atoms with Crippen LogP contribution in [-0.4, -0.2) is 19.4 Å². The van der Waals surface area contributed by atoms with Crippen LogP contribution in [0.15, 0.2) is 58.6 Å². The molecule has 1 N–H and O–H groups in total. The Morgan fingerprint density at radius 1 is 1.20 bits per heavy atom. The van der Waals surface area contributed by atoms with Gasteiger partial charge in [0, 0.05) is 35.0 Å². The maximum Gasteiger partial charge on any atom is 0.269 e. The van der Waals surface area contributed by atoms with Crippen molar-refractivity contribution in [3.8, 4) is 5.75 Å². The minimum Gasteiger partial charge on any atom is -0.508 e. The molecule has 2 aromatic carbocycles. The number of nitro benzene ring substituents is 1. The fourth-order valence-electron chi connectivity index (χ4n) is 3.29. The number of aromatic hydroxyl groups is 1. The van der Waals surface area contributed by atoms with Crippen LogP contribution in [0.5, 0.6) is 5.75 Å². The predicted molar refractivity (Wildman–Crippen MR) is 94.4 cm³/mol. The summed E-state index contributed by atoms with van der Waals surface area (Å²) in [5, 5.41) is 23.5. The van der Waals surface area contributed by atoms with E-state index in [4.69, 9.17) is 4.98 Å². The average molecular weight is 349 g/mol. The first-order valence-electron chi connectivity index (χ1n) is 7.68. The molecule has 0 radical (unpaired) electrons. The number of imidazole rings is 1. The number of aromatic nitrogens is 2. The van der Waals surface area contributed by atoms with Crippen molar-refractivity contribution in [2.24, 2.45) is 0 Å². The summed E-state index contributed by atoms with van der Waals surface area (Å²) in [5.41, 5.74) is 2.91. The van der Waals surface area contributed by atoms with Gasteiger partial charge in [-0.3, -0.25) is 10.1 Å². The molecule has 0 amide bonds. The quantitative estimate of drug-likeness (QED) is 0.363. The van der Waals surface area contributed by atoms with Crippen LogP contribution in [-0.2, 0) is 6.42 Å². The minimum atomic E-state index is -0.366. The third-order valence-electron chi connectivity index (χ3n) is 4.47. The molecular formula is C18H11N3O3S. The van der Waals surface area contributed by atoms with Gasteiger partial charge in [0.25, 0.3) is 5.69 Å². The van der Waals surface area contributed by atoms with Crippen LogP contribution >= 0.6 is 11.8 Å². The maximum atomic E-state index is 11.0. The van der Waals surface area contributed by atoms with Crippen LogP contribution in [0.3, 0.4) is 0 Å². The SMILES string of the molecule is O=[N+]([O-])c1ccc2c(c1)Cc1c(nc3c4ccc(O)cc4ccn13)S2. The van der Waals surface area contributed by atoms with Gasteiger partial charge in [0.05, 0.1) is 10.6 Å². The smallest absolute Gasteiger partial charge is 0.269 e. The monoisotopic (exact) mass is 349 g/mol. The summed E-state index contributed by atoms with van der Waals surface area (Å²) in [6.45, 7) is 0. The number of nitro groups is 1. The number of fused-ring (bicyclic) bond motifs is 6. The predicted octanol–water partition coefficient (Wildman–Crippen LogP) is 4.16. The Labute approximate surface area is 145 Å². The highest BCUT2D eigenvalue weighted by atomic mass is 32.2. The van der Waals surface area contributed by atoms with Gasteiger partial charge in [-0.05, 0) is 41.3 Å². The van der Waals surface area contributed by atoms with Crippen molar-refractivity contribution in [2.45, 2.75) is 16.3 Å². The third kappa shape index (κ3) is 2.09. The number of pyridine rings is 1. The Hall–Kier alpha value is -3.06. The van der Waals surface area contributed by atoms with Gasteiger partial charge in [0.15, 0.2) is 0 Å². The van der Waals surface area contributed by atoms with Gasteiger partial charge in [0.1, 0.15) is 16.4 Å². The first-order valence-corrected chi connectivity index (χ1v) is 8.49. The zero-order valence-electron chi connectivity index (χ0n) is 12.8. The van der Waals surface area contributed by atoms with E-state index in [2.05, 4.69) is 0 Å². The lowest BCUT2D eigenvalue weighted by Gasteiger charge is -2.15. The number of rotatable bonds is 1. The molecule has 0 spiro atoms. The topological polar surface area (TPSA) is 80.7 Å². The summed E-state index contributed by atoms with van der Waals surface area (Å²) in [4.78, 5) is 16.4. The number of hydrogen-bond donors (Lipinski definition) is 1. The highest BCUT2D eigenvalue weighted by Gasteiger charge is 2.24. The second-order valence-electron chi connectivity index (χ2n) is 5.97. The number of phenolic OH excluding ortho intramolecular Hbond substituents is 1. The Bertz CT molecular complexity index is 1200. The standard InChI is InChI=1S/C18H11N3O3S/c22-13-2-3-14-10(8-13)5-6-20-15-9-11-7-12(21(23)24)1-4-16(11)25-18(15)19-17(14)20/h1-8,22H,9H2. The lowest BCUT2D eigenvalue weighted by molar-refractivity contribution is -0.385. The summed E-state index contributed by atoms with van der Waals surface area (Å²) < 4.78 is 2.03. The molecule has 0 unspecified atom stereocenters. The van der Waals surface area contributed by atoms with Gasteiger partial charge >= 0.3 is 0 Å². The van der Waals surface area contributed by atoms with Gasteiger partial charge in [0.2, 0.25) is 0 Å². The van der Waals surface area contributed by atoms with E-state index >= 15 is 0 Å². The van der Waals surface area contributed by atoms with E-state index < -0.39 is 0 Å². The molecule has 0 saturated heterocycles. The zero-order valence-corrected chi connectivity index (χ0v) is 13.7. The van der Waals surface area contributed by atoms with Crippen molar-refractivity contribution >= 4 is 33.9 Å². The van der Waals surface area contributed by atoms with Crippen LogP contribution in [0.4, 0.5) is 5.69 Å². The molecule has 4 aromatic rings. The number of hydrogen-bond acceptors (Lipinski definition) is 5. The molecule has 0 fully saturated rings. The molecule has 0 aliphatic carbocycles. The zero-order chi connectivity index (χ0) is 17.1. The molecule has 3 heterocycles. The van der Waals surface area contributed by atoms with E-state index in [0.29, 0.717) is 6.42 Å². The maximum absolute atomic E-state index is 11.0. The molecule has 0 atom stereocenters. The Kier molecular flexibility index (Phi) is 2.84. The van der Waals surface area contributed by atoms with Crippen LogP contribution in [0.2, 0.25) is 0 Å². The third-order valence-corrected chi connectivity index (χ3v) is 5.61. The fourth-order valence-corrected chi connectivity index (χ4v) is 4.31. The van der Waals surface area contributed by atoms with Crippen molar-refractivity contribution in [3.05, 3.63) is 70.0 Å². The van der Waals surface area contributed by atoms with Gasteiger partial charge in [-0.15, -0.1) is 0 Å². The number of phenols is 1. The molecule has 0 bridgehead atoms. The van der Waals surface area contributed by atoms with E-state index in [1.54, 1.807) is 24.3 Å². The van der Waals surface area contributed by atoms with E-state index in [9.17, 15) is 15.2 Å². The minimum absolute atomic E-state index is 0.109. The van der Waals surface area contributed by atoms with Gasteiger partial charge < -0.3 is 9.51 Å². The van der Waals surface area contributed by atoms with E-state index in [1.165, 1.54) is 17.8 Å². The summed E-state index contributed by atoms with van der Waals surface area (Å²) in [7, 11) is 0. The lowest BCUT2D eigenvalue weighted by Crippen LogP contribution is -2.03. The average Bonchev–Trinajstić information content (AvgIpc) is 2.96. The van der Waals surface area contributed by atoms with Crippen LogP contribution in [0, 0.1) is 10.1 Å². The first kappa shape index (κ1) is 14.3. The van der Waals surface area contributed by atoms with Crippen molar-refractivity contribution in [3.63, 3.8) is 0 Å². The van der Waals surface area contributed by atoms with Crippen LogP contribution in [0.1, 0.15) is 11.3 Å². The molecule has 5 rings (SSSR count). The van der Waals surface area contributed by atoms with Crippen LogP contribution < -0.4 is 0 Å². The van der Waals surface area contributed by atoms with Gasteiger partial charge in [-0.2, -0.15) is 0 Å². The molecule has 1 aliphatic heterocycles. The highest BCUT2D eigenvalue weighted by Crippen LogP contribution is 2.41. The molecule has 2 aromatic heterocycles. The molecular weight excluding hydrogens is 338 g/mol. The Balaban J connectivity index is 1.72. The van der Waals surface area contributed by atoms with E-state index in [1.807, 2.05) is 22.7 Å². The van der Waals surface area contributed by atoms with Crippen LogP contribution in [0.25, 0.3) is 16.4 Å². The molecule has 7 heteroatoms. The number of benzene rings is 2. The number of non-ortho nitro benzene ring substituents is 1. The van der Waals surface area contributed by atoms with Crippen molar-refractivity contribution in [2.75, 3.05) is 0 Å². The summed E-state index contributed by atoms with van der Waals surface area (Å²) in [5.74, 6) is 0.224. The fraction of sp³-hybridized carbons (Fsp3) is 0.0556. The summed E-state index contributed by atoms with van der Waals surface area (Å²) in [6, 6.07) is 12.1. The second kappa shape index (κ2) is 4.97. The van der Waals surface area contributed by atoms with Crippen molar-refractivity contribution in [1.82, 2.24) is 9.38 Å². The Morgan fingerprint density at radius 2 is 2.08 bits per heavy atom. The van der Waals surface area contributed by atoms with Crippen molar-refractivity contribution in [1.29, 1.82) is 0 Å². The summed E-state index contributed by atoms with van der Waals surface area (Å²) >= 11 is 1.54. The van der Waals surface area contributed by atoms with E-state index in [0.717, 1.165) is 37.6 Å². The highest BCUT2D eigenvalue weighted by molar-refractivity contribution is 7.99. The van der Waals surface area contributed by atoms with Gasteiger partial charge in [-0.1, -0.05) is 11.8 Å². The molecule has 122 valence electrons. The van der Waals surface area contributed by atoms with Crippen molar-refractivity contribution < 1.29 is 10.0 Å². The van der Waals surface area contributed by atoms with Gasteiger partial charge in [-0.25, -0.2) is 4.98 Å². The lowest BCUT2D eigenvalue weighted by atomic mass is 10.1.